The summed E-state index contributed by atoms with van der Waals surface area (Å²) in [7, 11) is 0. The Kier molecular flexibility index (Phi) is 5.11. The minimum absolute atomic E-state index is 0.0945. The molecule has 3 rings (SSSR count). The van der Waals surface area contributed by atoms with Crippen LogP contribution in [0.5, 0.6) is 5.88 Å². The number of nitro groups is 1. The molecule has 1 atom stereocenters. The second-order valence-electron chi connectivity index (χ2n) is 5.34. The number of aromatic nitrogens is 1. The number of rotatable bonds is 5. The number of pyridine rings is 1. The van der Waals surface area contributed by atoms with Crippen molar-refractivity contribution in [3.63, 3.8) is 0 Å². The van der Waals surface area contributed by atoms with E-state index < -0.39 is 10.8 Å². The largest absolute Gasteiger partial charge is 0.471 e. The van der Waals surface area contributed by atoms with Crippen molar-refractivity contribution in [3.05, 3.63) is 57.2 Å². The number of benzene rings is 1. The number of anilines is 1. The smallest absolute Gasteiger partial charge is 0.292 e. The maximum atomic E-state index is 12.3. The first-order valence-corrected chi connectivity index (χ1v) is 7.87. The van der Waals surface area contributed by atoms with Gasteiger partial charge in [0.2, 0.25) is 5.88 Å². The molecule has 9 heteroatoms. The molecule has 130 valence electrons. The predicted molar refractivity (Wildman–Crippen MR) is 90.1 cm³/mol. The number of hydrogen-bond donors (Lipinski definition) is 1. The molecule has 0 bridgehead atoms. The molecule has 1 aromatic carbocycles. The highest BCUT2D eigenvalue weighted by Gasteiger charge is 2.21. The highest BCUT2D eigenvalue weighted by atomic mass is 35.5. The van der Waals surface area contributed by atoms with Gasteiger partial charge in [-0.05, 0) is 12.1 Å². The second kappa shape index (κ2) is 7.45. The topological polar surface area (TPSA) is 104 Å². The van der Waals surface area contributed by atoms with Gasteiger partial charge in [-0.2, -0.15) is 0 Å². The summed E-state index contributed by atoms with van der Waals surface area (Å²) in [6.07, 6.45) is 1.94. The zero-order chi connectivity index (χ0) is 17.8. The molecule has 1 fully saturated rings. The zero-order valence-corrected chi connectivity index (χ0v) is 13.7. The third kappa shape index (κ3) is 4.04. The van der Waals surface area contributed by atoms with Crippen molar-refractivity contribution in [2.75, 3.05) is 18.5 Å². The monoisotopic (exact) mass is 363 g/mol. The van der Waals surface area contributed by atoms with E-state index in [0.717, 1.165) is 6.42 Å². The number of carbonyl (C=O) groups is 1. The van der Waals surface area contributed by atoms with Crippen LogP contribution in [0.3, 0.4) is 0 Å². The van der Waals surface area contributed by atoms with Crippen molar-refractivity contribution in [3.8, 4) is 5.88 Å². The Labute approximate surface area is 147 Å². The fourth-order valence-electron chi connectivity index (χ4n) is 2.33. The number of ether oxygens (including phenoxy) is 2. The van der Waals surface area contributed by atoms with Gasteiger partial charge in [-0.3, -0.25) is 14.9 Å². The van der Waals surface area contributed by atoms with Gasteiger partial charge >= 0.3 is 0 Å². The third-order valence-electron chi connectivity index (χ3n) is 3.58. The van der Waals surface area contributed by atoms with Crippen LogP contribution >= 0.6 is 11.6 Å². The van der Waals surface area contributed by atoms with Crippen LogP contribution in [0.2, 0.25) is 5.02 Å². The molecule has 0 saturated carbocycles. The van der Waals surface area contributed by atoms with Gasteiger partial charge in [-0.15, -0.1) is 0 Å². The first kappa shape index (κ1) is 17.1. The first-order chi connectivity index (χ1) is 12.0. The van der Waals surface area contributed by atoms with Crippen LogP contribution in [0.25, 0.3) is 0 Å². The Morgan fingerprint density at radius 2 is 2.24 bits per heavy atom. The van der Waals surface area contributed by atoms with Crippen LogP contribution in [-0.4, -0.2) is 35.1 Å². The minimum Gasteiger partial charge on any atom is -0.471 e. The maximum absolute atomic E-state index is 12.3. The lowest BCUT2D eigenvalue weighted by molar-refractivity contribution is -0.383. The molecular formula is C16H14ClN3O5. The molecule has 0 spiro atoms. The Morgan fingerprint density at radius 1 is 1.44 bits per heavy atom. The Balaban J connectivity index is 1.74. The van der Waals surface area contributed by atoms with Gasteiger partial charge in [0.25, 0.3) is 11.6 Å². The molecular weight excluding hydrogens is 350 g/mol. The summed E-state index contributed by atoms with van der Waals surface area (Å²) in [5.74, 6) is -0.334. The molecule has 25 heavy (non-hydrogen) atoms. The van der Waals surface area contributed by atoms with Crippen LogP contribution in [-0.2, 0) is 4.74 Å². The fraction of sp³-hybridized carbons (Fsp3) is 0.250. The lowest BCUT2D eigenvalue weighted by Gasteiger charge is -2.12. The quantitative estimate of drug-likeness (QED) is 0.646. The Hall–Kier alpha value is -2.71. The molecule has 1 amide bonds. The molecule has 1 N–H and O–H groups in total. The van der Waals surface area contributed by atoms with E-state index in [-0.39, 0.29) is 33.9 Å². The fourth-order valence-corrected chi connectivity index (χ4v) is 2.54. The average molecular weight is 364 g/mol. The lowest BCUT2D eigenvalue weighted by Crippen LogP contribution is -2.17. The minimum atomic E-state index is -0.568. The highest BCUT2D eigenvalue weighted by molar-refractivity contribution is 6.32. The number of carbonyl (C=O) groups excluding carboxylic acids is 1. The number of nitrogens with zero attached hydrogens (tertiary/aromatic N) is 2. The molecule has 8 nitrogen and oxygen atoms in total. The summed E-state index contributed by atoms with van der Waals surface area (Å²) < 4.78 is 10.8. The van der Waals surface area contributed by atoms with Crippen LogP contribution in [0.4, 0.5) is 11.4 Å². The van der Waals surface area contributed by atoms with Crippen molar-refractivity contribution in [2.45, 2.75) is 12.5 Å². The normalized spacial score (nSPS) is 16.4. The highest BCUT2D eigenvalue weighted by Crippen LogP contribution is 2.27. The van der Waals surface area contributed by atoms with E-state index in [1.807, 2.05) is 0 Å². The number of halogens is 1. The van der Waals surface area contributed by atoms with Gasteiger partial charge in [0.1, 0.15) is 16.8 Å². The standard InChI is InChI=1S/C16H14ClN3O5/c17-12-7-10(8-18-16(12)25-11-5-6-24-9-11)15(21)19-13-3-1-2-4-14(13)20(22)23/h1-4,7-8,11H,5-6,9H2,(H,19,21). The summed E-state index contributed by atoms with van der Waals surface area (Å²) >= 11 is 6.12. The van der Waals surface area contributed by atoms with E-state index in [9.17, 15) is 14.9 Å². The molecule has 0 radical (unpaired) electrons. The summed E-state index contributed by atoms with van der Waals surface area (Å²) in [6.45, 7) is 1.09. The maximum Gasteiger partial charge on any atom is 0.292 e. The molecule has 1 unspecified atom stereocenters. The zero-order valence-electron chi connectivity index (χ0n) is 13.0. The van der Waals surface area contributed by atoms with Crippen molar-refractivity contribution in [2.24, 2.45) is 0 Å². The van der Waals surface area contributed by atoms with Crippen LogP contribution in [0.1, 0.15) is 16.8 Å². The van der Waals surface area contributed by atoms with Gasteiger partial charge in [-0.1, -0.05) is 23.7 Å². The van der Waals surface area contributed by atoms with Gasteiger partial charge in [0, 0.05) is 18.7 Å². The Morgan fingerprint density at radius 3 is 2.92 bits per heavy atom. The molecule has 0 aliphatic carbocycles. The van der Waals surface area contributed by atoms with Crippen molar-refractivity contribution in [1.29, 1.82) is 0 Å². The summed E-state index contributed by atoms with van der Waals surface area (Å²) in [5, 5.41) is 13.7. The Bertz CT molecular complexity index is 808. The second-order valence-corrected chi connectivity index (χ2v) is 5.75. The number of hydrogen-bond acceptors (Lipinski definition) is 6. The molecule has 2 heterocycles. The molecule has 1 saturated heterocycles. The molecule has 1 aromatic heterocycles. The van der Waals surface area contributed by atoms with E-state index in [2.05, 4.69) is 10.3 Å². The molecule has 1 aliphatic heterocycles. The van der Waals surface area contributed by atoms with Crippen molar-refractivity contribution in [1.82, 2.24) is 4.98 Å². The van der Waals surface area contributed by atoms with Crippen LogP contribution < -0.4 is 10.1 Å². The first-order valence-electron chi connectivity index (χ1n) is 7.49. The summed E-state index contributed by atoms with van der Waals surface area (Å²) in [4.78, 5) is 26.8. The number of nitrogens with one attached hydrogen (secondary N) is 1. The summed E-state index contributed by atoms with van der Waals surface area (Å²) in [6, 6.07) is 7.27. The predicted octanol–water partition coefficient (Wildman–Crippen LogP) is 3.06. The number of amides is 1. The SMILES string of the molecule is O=C(Nc1ccccc1[N+](=O)[O-])c1cnc(OC2CCOC2)c(Cl)c1. The molecule has 2 aromatic rings. The van der Waals surface area contributed by atoms with E-state index in [1.165, 1.54) is 30.5 Å². The van der Waals surface area contributed by atoms with E-state index in [4.69, 9.17) is 21.1 Å². The van der Waals surface area contributed by atoms with Gasteiger partial charge in [-0.25, -0.2) is 4.98 Å². The van der Waals surface area contributed by atoms with Gasteiger partial charge < -0.3 is 14.8 Å². The van der Waals surface area contributed by atoms with E-state index in [0.29, 0.717) is 13.2 Å². The number of para-hydroxylation sites is 2. The van der Waals surface area contributed by atoms with Crippen LogP contribution in [0.15, 0.2) is 36.5 Å². The lowest BCUT2D eigenvalue weighted by atomic mass is 10.2. The van der Waals surface area contributed by atoms with Crippen molar-refractivity contribution >= 4 is 28.9 Å². The average Bonchev–Trinajstić information content (AvgIpc) is 3.10. The van der Waals surface area contributed by atoms with E-state index in [1.54, 1.807) is 6.07 Å². The van der Waals surface area contributed by atoms with Gasteiger partial charge in [0.15, 0.2) is 0 Å². The van der Waals surface area contributed by atoms with Crippen LogP contribution in [0, 0.1) is 10.1 Å². The van der Waals surface area contributed by atoms with E-state index >= 15 is 0 Å². The van der Waals surface area contributed by atoms with Crippen molar-refractivity contribution < 1.29 is 19.2 Å². The number of nitro benzene ring substituents is 1. The van der Waals surface area contributed by atoms with Gasteiger partial charge in [0.05, 0.1) is 23.7 Å². The third-order valence-corrected chi connectivity index (χ3v) is 3.86. The molecule has 1 aliphatic rings. The summed E-state index contributed by atoms with van der Waals surface area (Å²) in [5.41, 5.74) is 0.0614.